The van der Waals surface area contributed by atoms with Crippen LogP contribution in [0.3, 0.4) is 0 Å². The minimum absolute atomic E-state index is 0.0126. The van der Waals surface area contributed by atoms with Gasteiger partial charge in [0.25, 0.3) is 0 Å². The molecule has 0 fully saturated rings. The zero-order valence-corrected chi connectivity index (χ0v) is 13.0. The number of benzene rings is 1. The van der Waals surface area contributed by atoms with Crippen LogP contribution in [0.4, 0.5) is 0 Å². The molecule has 0 aliphatic carbocycles. The van der Waals surface area contributed by atoms with Crippen molar-refractivity contribution in [1.29, 1.82) is 0 Å². The number of amides is 1. The number of rotatable bonds is 7. The van der Waals surface area contributed by atoms with E-state index in [1.54, 1.807) is 0 Å². The van der Waals surface area contributed by atoms with E-state index in [0.717, 1.165) is 30.4 Å². The van der Waals surface area contributed by atoms with Crippen LogP contribution in [0.15, 0.2) is 24.3 Å². The Bertz CT molecular complexity index is 482. The number of nitrogens with one attached hydrogen (secondary N) is 1. The standard InChI is InChI=1S/C18H25NO2/c1-3-4-5-9-18(21)19-15(2)17-12-10-16(11-13-17)8-6-7-14-20/h10-13,15,20H,3-5,7,9,14H2,1-2H3,(H,19,21). The molecule has 1 aromatic rings. The normalized spacial score (nSPS) is 11.4. The number of aliphatic hydroxyl groups is 1. The van der Waals surface area contributed by atoms with Crippen LogP contribution in [0.25, 0.3) is 0 Å². The SMILES string of the molecule is CCCCCC(=O)NC(C)c1ccc(C#CCCO)cc1. The van der Waals surface area contributed by atoms with Crippen molar-refractivity contribution in [2.24, 2.45) is 0 Å². The molecule has 0 aromatic heterocycles. The summed E-state index contributed by atoms with van der Waals surface area (Å²) in [5.41, 5.74) is 2.00. The van der Waals surface area contributed by atoms with Crippen LogP contribution in [0.2, 0.25) is 0 Å². The van der Waals surface area contributed by atoms with Crippen molar-refractivity contribution in [2.75, 3.05) is 6.61 Å². The first-order valence-corrected chi connectivity index (χ1v) is 7.66. The molecule has 1 rings (SSSR count). The first-order chi connectivity index (χ1) is 10.2. The smallest absolute Gasteiger partial charge is 0.220 e. The summed E-state index contributed by atoms with van der Waals surface area (Å²) in [4.78, 5) is 11.8. The van der Waals surface area contributed by atoms with Gasteiger partial charge in [-0.2, -0.15) is 0 Å². The van der Waals surface area contributed by atoms with Gasteiger partial charge in [-0.1, -0.05) is 43.7 Å². The lowest BCUT2D eigenvalue weighted by atomic mass is 10.1. The average Bonchev–Trinajstić information content (AvgIpc) is 2.48. The predicted molar refractivity (Wildman–Crippen MR) is 85.7 cm³/mol. The summed E-state index contributed by atoms with van der Waals surface area (Å²) in [6, 6.07) is 7.87. The van der Waals surface area contributed by atoms with Gasteiger partial charge in [-0.05, 0) is 31.0 Å². The van der Waals surface area contributed by atoms with E-state index in [1.807, 2.05) is 31.2 Å². The van der Waals surface area contributed by atoms with Gasteiger partial charge in [0.05, 0.1) is 12.6 Å². The van der Waals surface area contributed by atoms with Crippen molar-refractivity contribution in [1.82, 2.24) is 5.32 Å². The molecule has 0 radical (unpaired) electrons. The second-order valence-electron chi connectivity index (χ2n) is 5.14. The quantitative estimate of drug-likeness (QED) is 0.598. The lowest BCUT2D eigenvalue weighted by molar-refractivity contribution is -0.121. The molecule has 21 heavy (non-hydrogen) atoms. The number of unbranched alkanes of at least 4 members (excludes halogenated alkanes) is 2. The van der Waals surface area contributed by atoms with Crippen LogP contribution in [-0.4, -0.2) is 17.6 Å². The summed E-state index contributed by atoms with van der Waals surface area (Å²) in [5.74, 6) is 5.99. The van der Waals surface area contributed by atoms with Gasteiger partial charge in [0.2, 0.25) is 5.91 Å². The van der Waals surface area contributed by atoms with Gasteiger partial charge in [-0.3, -0.25) is 4.79 Å². The first kappa shape index (κ1) is 17.3. The molecule has 3 heteroatoms. The van der Waals surface area contributed by atoms with E-state index in [-0.39, 0.29) is 18.6 Å². The molecule has 0 aliphatic rings. The summed E-state index contributed by atoms with van der Waals surface area (Å²) < 4.78 is 0. The topological polar surface area (TPSA) is 49.3 Å². The van der Waals surface area contributed by atoms with E-state index < -0.39 is 0 Å². The van der Waals surface area contributed by atoms with Crippen LogP contribution in [-0.2, 0) is 4.79 Å². The van der Waals surface area contributed by atoms with E-state index in [2.05, 4.69) is 24.1 Å². The van der Waals surface area contributed by atoms with Gasteiger partial charge in [-0.25, -0.2) is 0 Å². The molecular weight excluding hydrogens is 262 g/mol. The van der Waals surface area contributed by atoms with Gasteiger partial charge in [0, 0.05) is 18.4 Å². The number of aliphatic hydroxyl groups excluding tert-OH is 1. The molecule has 0 saturated heterocycles. The van der Waals surface area contributed by atoms with Crippen molar-refractivity contribution in [3.05, 3.63) is 35.4 Å². The summed E-state index contributed by atoms with van der Waals surface area (Å²) in [6.07, 6.45) is 4.27. The molecule has 1 unspecified atom stereocenters. The van der Waals surface area contributed by atoms with Crippen LogP contribution < -0.4 is 5.32 Å². The molecule has 114 valence electrons. The monoisotopic (exact) mass is 287 g/mol. The van der Waals surface area contributed by atoms with Gasteiger partial charge in [0.1, 0.15) is 0 Å². The fourth-order valence-electron chi connectivity index (χ4n) is 2.01. The molecule has 0 heterocycles. The zero-order chi connectivity index (χ0) is 15.5. The van der Waals surface area contributed by atoms with Crippen molar-refractivity contribution in [3.63, 3.8) is 0 Å². The second kappa shape index (κ2) is 10.0. The Kier molecular flexibility index (Phi) is 8.23. The molecule has 1 amide bonds. The summed E-state index contributed by atoms with van der Waals surface area (Å²) in [5, 5.41) is 11.7. The van der Waals surface area contributed by atoms with Gasteiger partial charge >= 0.3 is 0 Å². The molecule has 0 spiro atoms. The third kappa shape index (κ3) is 6.97. The Hall–Kier alpha value is -1.79. The highest BCUT2D eigenvalue weighted by Crippen LogP contribution is 2.13. The molecule has 3 nitrogen and oxygen atoms in total. The molecule has 0 aliphatic heterocycles. The third-order valence-corrected chi connectivity index (χ3v) is 3.27. The maximum atomic E-state index is 11.8. The number of hydrogen-bond donors (Lipinski definition) is 2. The Morgan fingerprint density at radius 1 is 1.29 bits per heavy atom. The van der Waals surface area contributed by atoms with Crippen molar-refractivity contribution < 1.29 is 9.90 Å². The predicted octanol–water partition coefficient (Wildman–Crippen LogP) is 3.18. The second-order valence-corrected chi connectivity index (χ2v) is 5.14. The van der Waals surface area contributed by atoms with Crippen molar-refractivity contribution in [3.8, 4) is 11.8 Å². The fraction of sp³-hybridized carbons (Fsp3) is 0.500. The largest absolute Gasteiger partial charge is 0.395 e. The number of carbonyl (C=O) groups is 1. The van der Waals surface area contributed by atoms with Gasteiger partial charge in [0.15, 0.2) is 0 Å². The third-order valence-electron chi connectivity index (χ3n) is 3.27. The minimum Gasteiger partial charge on any atom is -0.395 e. The number of hydrogen-bond acceptors (Lipinski definition) is 2. The first-order valence-electron chi connectivity index (χ1n) is 7.66. The highest BCUT2D eigenvalue weighted by Gasteiger charge is 2.08. The van der Waals surface area contributed by atoms with Crippen LogP contribution >= 0.6 is 0 Å². The van der Waals surface area contributed by atoms with E-state index in [9.17, 15) is 4.79 Å². The maximum Gasteiger partial charge on any atom is 0.220 e. The van der Waals surface area contributed by atoms with Crippen molar-refractivity contribution in [2.45, 2.75) is 52.0 Å². The molecule has 2 N–H and O–H groups in total. The molecule has 1 aromatic carbocycles. The molecule has 0 saturated carbocycles. The van der Waals surface area contributed by atoms with Crippen LogP contribution in [0, 0.1) is 11.8 Å². The highest BCUT2D eigenvalue weighted by molar-refractivity contribution is 5.76. The maximum absolute atomic E-state index is 11.8. The molecular formula is C18H25NO2. The molecule has 1 atom stereocenters. The fourth-order valence-corrected chi connectivity index (χ4v) is 2.01. The Balaban J connectivity index is 2.49. The lowest BCUT2D eigenvalue weighted by Gasteiger charge is -2.14. The molecule has 0 bridgehead atoms. The van der Waals surface area contributed by atoms with Crippen molar-refractivity contribution >= 4 is 5.91 Å². The summed E-state index contributed by atoms with van der Waals surface area (Å²) in [6.45, 7) is 4.21. The van der Waals surface area contributed by atoms with Gasteiger partial charge < -0.3 is 10.4 Å². The number of carbonyl (C=O) groups excluding carboxylic acids is 1. The summed E-state index contributed by atoms with van der Waals surface area (Å²) >= 11 is 0. The Labute approximate surface area is 127 Å². The van der Waals surface area contributed by atoms with Crippen LogP contribution in [0.5, 0.6) is 0 Å². The lowest BCUT2D eigenvalue weighted by Crippen LogP contribution is -2.26. The van der Waals surface area contributed by atoms with E-state index in [4.69, 9.17) is 5.11 Å². The van der Waals surface area contributed by atoms with E-state index >= 15 is 0 Å². The summed E-state index contributed by atoms with van der Waals surface area (Å²) in [7, 11) is 0. The average molecular weight is 287 g/mol. The van der Waals surface area contributed by atoms with E-state index in [0.29, 0.717) is 12.8 Å². The van der Waals surface area contributed by atoms with E-state index in [1.165, 1.54) is 0 Å². The zero-order valence-electron chi connectivity index (χ0n) is 13.0. The Morgan fingerprint density at radius 2 is 2.00 bits per heavy atom. The highest BCUT2D eigenvalue weighted by atomic mass is 16.2. The van der Waals surface area contributed by atoms with Gasteiger partial charge in [-0.15, -0.1) is 0 Å². The minimum atomic E-state index is 0.0126. The van der Waals surface area contributed by atoms with Crippen LogP contribution in [0.1, 0.15) is 63.1 Å². The Morgan fingerprint density at radius 3 is 2.62 bits per heavy atom.